The first kappa shape index (κ1) is 15.3. The van der Waals surface area contributed by atoms with Gasteiger partial charge in [0.2, 0.25) is 0 Å². The minimum atomic E-state index is 0. The Morgan fingerprint density at radius 1 is 1.22 bits per heavy atom. The summed E-state index contributed by atoms with van der Waals surface area (Å²) in [6.07, 6.45) is 4.34. The lowest BCUT2D eigenvalue weighted by Gasteiger charge is -2.12. The van der Waals surface area contributed by atoms with Crippen LogP contribution in [0.1, 0.15) is 18.4 Å². The second-order valence-corrected chi connectivity index (χ2v) is 4.60. The molecule has 0 amide bonds. The number of benzene rings is 1. The molecule has 0 N–H and O–H groups in total. The van der Waals surface area contributed by atoms with E-state index in [2.05, 4.69) is 10.1 Å². The molecular weight excluding hydrogens is 271 g/mol. The zero-order valence-corrected chi connectivity index (χ0v) is 11.8. The Morgan fingerprint density at radius 2 is 1.89 bits per heavy atom. The van der Waals surface area contributed by atoms with Crippen LogP contribution in [-0.4, -0.2) is 37.4 Å². The maximum absolute atomic E-state index is 5.79. The van der Waals surface area contributed by atoms with Crippen molar-refractivity contribution in [3.05, 3.63) is 34.9 Å². The van der Waals surface area contributed by atoms with Crippen LogP contribution in [0.2, 0.25) is 5.02 Å². The average Bonchev–Trinajstić information content (AvgIpc) is 2.84. The molecule has 3 nitrogen and oxygen atoms in total. The van der Waals surface area contributed by atoms with Crippen molar-refractivity contribution in [3.8, 4) is 0 Å². The van der Waals surface area contributed by atoms with Crippen molar-refractivity contribution in [3.63, 3.8) is 0 Å². The molecule has 0 radical (unpaired) electrons. The van der Waals surface area contributed by atoms with Gasteiger partial charge in [0.15, 0.2) is 0 Å². The first-order valence-electron chi connectivity index (χ1n) is 5.98. The Kier molecular flexibility index (Phi) is 7.09. The summed E-state index contributed by atoms with van der Waals surface area (Å²) < 4.78 is 0. The lowest BCUT2D eigenvalue weighted by atomic mass is 10.2. The van der Waals surface area contributed by atoms with E-state index in [1.807, 2.05) is 24.3 Å². The van der Waals surface area contributed by atoms with Crippen LogP contribution in [0.4, 0.5) is 0 Å². The fourth-order valence-electron chi connectivity index (χ4n) is 1.88. The maximum atomic E-state index is 5.79. The Hall–Kier alpha value is -0.770. The number of halogens is 2. The van der Waals surface area contributed by atoms with Gasteiger partial charge < -0.3 is 4.84 Å². The van der Waals surface area contributed by atoms with Gasteiger partial charge in [-0.05, 0) is 43.6 Å². The second-order valence-electron chi connectivity index (χ2n) is 4.17. The monoisotopic (exact) mass is 288 g/mol. The van der Waals surface area contributed by atoms with Crippen molar-refractivity contribution in [2.75, 3.05) is 26.2 Å². The largest absolute Gasteiger partial charge is 0.394 e. The SMILES string of the molecule is Cl.Clc1ccc(/C=N/OCCN2CCCC2)cc1. The smallest absolute Gasteiger partial charge is 0.129 e. The molecule has 1 saturated heterocycles. The highest BCUT2D eigenvalue weighted by Crippen LogP contribution is 2.08. The lowest BCUT2D eigenvalue weighted by molar-refractivity contribution is 0.120. The molecule has 100 valence electrons. The van der Waals surface area contributed by atoms with Crippen molar-refractivity contribution in [1.29, 1.82) is 0 Å². The van der Waals surface area contributed by atoms with Gasteiger partial charge in [-0.1, -0.05) is 28.9 Å². The first-order valence-corrected chi connectivity index (χ1v) is 6.36. The minimum absolute atomic E-state index is 0. The van der Waals surface area contributed by atoms with E-state index >= 15 is 0 Å². The molecule has 1 aliphatic heterocycles. The van der Waals surface area contributed by atoms with Gasteiger partial charge in [-0.2, -0.15) is 0 Å². The second kappa shape index (κ2) is 8.35. The molecule has 5 heteroatoms. The molecule has 0 aliphatic carbocycles. The van der Waals surface area contributed by atoms with E-state index in [1.165, 1.54) is 25.9 Å². The molecule has 18 heavy (non-hydrogen) atoms. The van der Waals surface area contributed by atoms with Gasteiger partial charge in [0, 0.05) is 11.6 Å². The number of rotatable bonds is 5. The van der Waals surface area contributed by atoms with Crippen molar-refractivity contribution >= 4 is 30.2 Å². The first-order chi connectivity index (χ1) is 8.34. The predicted molar refractivity (Wildman–Crippen MR) is 77.9 cm³/mol. The molecule has 0 unspecified atom stereocenters. The highest BCUT2D eigenvalue weighted by atomic mass is 35.5. The molecular formula is C13H18Cl2N2O. The third-order valence-electron chi connectivity index (χ3n) is 2.84. The summed E-state index contributed by atoms with van der Waals surface area (Å²) in [5, 5.41) is 4.67. The van der Waals surface area contributed by atoms with Crippen LogP contribution in [0.25, 0.3) is 0 Å². The van der Waals surface area contributed by atoms with E-state index in [9.17, 15) is 0 Å². The van der Waals surface area contributed by atoms with Crippen LogP contribution in [0.5, 0.6) is 0 Å². The number of likely N-dealkylation sites (tertiary alicyclic amines) is 1. The number of hydrogen-bond acceptors (Lipinski definition) is 3. The lowest BCUT2D eigenvalue weighted by Crippen LogP contribution is -2.23. The van der Waals surface area contributed by atoms with Crippen LogP contribution in [0, 0.1) is 0 Å². The summed E-state index contributed by atoms with van der Waals surface area (Å²) in [5.74, 6) is 0. The number of oxime groups is 1. The zero-order chi connectivity index (χ0) is 11.9. The van der Waals surface area contributed by atoms with Gasteiger partial charge in [0.1, 0.15) is 6.61 Å². The Labute approximate surface area is 119 Å². The Bertz CT molecular complexity index is 362. The van der Waals surface area contributed by atoms with E-state index in [-0.39, 0.29) is 12.4 Å². The van der Waals surface area contributed by atoms with E-state index in [0.29, 0.717) is 6.61 Å². The molecule has 0 atom stereocenters. The molecule has 1 aromatic carbocycles. The molecule has 0 spiro atoms. The van der Waals surface area contributed by atoms with Crippen molar-refractivity contribution < 1.29 is 4.84 Å². The van der Waals surface area contributed by atoms with E-state index in [1.54, 1.807) is 6.21 Å². The summed E-state index contributed by atoms with van der Waals surface area (Å²) in [5.41, 5.74) is 0.996. The maximum Gasteiger partial charge on any atom is 0.129 e. The molecule has 1 heterocycles. The Balaban J connectivity index is 0.00000162. The Morgan fingerprint density at radius 3 is 2.56 bits per heavy atom. The van der Waals surface area contributed by atoms with E-state index in [0.717, 1.165) is 17.1 Å². The topological polar surface area (TPSA) is 24.8 Å². The van der Waals surface area contributed by atoms with E-state index < -0.39 is 0 Å². The van der Waals surface area contributed by atoms with Gasteiger partial charge in [-0.25, -0.2) is 0 Å². The summed E-state index contributed by atoms with van der Waals surface area (Å²) in [6, 6.07) is 7.51. The van der Waals surface area contributed by atoms with Crippen molar-refractivity contribution in [1.82, 2.24) is 4.90 Å². The minimum Gasteiger partial charge on any atom is -0.394 e. The highest BCUT2D eigenvalue weighted by molar-refractivity contribution is 6.30. The zero-order valence-electron chi connectivity index (χ0n) is 10.2. The standard InChI is InChI=1S/C13H17ClN2O.ClH/c14-13-5-3-12(4-6-13)11-15-17-10-9-16-7-1-2-8-16;/h3-6,11H,1-2,7-10H2;1H/b15-11+;. The quantitative estimate of drug-likeness (QED) is 0.472. The predicted octanol–water partition coefficient (Wildman–Crippen LogP) is 3.21. The van der Waals surface area contributed by atoms with Crippen LogP contribution in [0.15, 0.2) is 29.4 Å². The van der Waals surface area contributed by atoms with Gasteiger partial charge in [-0.15, -0.1) is 12.4 Å². The van der Waals surface area contributed by atoms with Crippen LogP contribution in [-0.2, 0) is 4.84 Å². The molecule has 1 aromatic rings. The number of nitrogens with zero attached hydrogens (tertiary/aromatic N) is 2. The van der Waals surface area contributed by atoms with Crippen LogP contribution in [0.3, 0.4) is 0 Å². The fourth-order valence-corrected chi connectivity index (χ4v) is 2.00. The van der Waals surface area contributed by atoms with Crippen LogP contribution >= 0.6 is 24.0 Å². The fraction of sp³-hybridized carbons (Fsp3) is 0.462. The van der Waals surface area contributed by atoms with Gasteiger partial charge in [-0.3, -0.25) is 4.90 Å². The summed E-state index contributed by atoms with van der Waals surface area (Å²) in [6.45, 7) is 4.02. The van der Waals surface area contributed by atoms with Crippen LogP contribution < -0.4 is 0 Å². The molecule has 1 fully saturated rings. The molecule has 1 aliphatic rings. The van der Waals surface area contributed by atoms with Crippen molar-refractivity contribution in [2.45, 2.75) is 12.8 Å². The third kappa shape index (κ3) is 5.25. The molecule has 0 bridgehead atoms. The van der Waals surface area contributed by atoms with E-state index in [4.69, 9.17) is 16.4 Å². The summed E-state index contributed by atoms with van der Waals surface area (Å²) in [7, 11) is 0. The highest BCUT2D eigenvalue weighted by Gasteiger charge is 2.10. The molecule has 2 rings (SSSR count). The summed E-state index contributed by atoms with van der Waals surface area (Å²) in [4.78, 5) is 7.63. The van der Waals surface area contributed by atoms with Crippen molar-refractivity contribution in [2.24, 2.45) is 5.16 Å². The van der Waals surface area contributed by atoms with Gasteiger partial charge in [0.05, 0.1) is 6.21 Å². The summed E-state index contributed by atoms with van der Waals surface area (Å²) >= 11 is 5.79. The molecule has 0 saturated carbocycles. The van der Waals surface area contributed by atoms with Gasteiger partial charge in [0.25, 0.3) is 0 Å². The normalized spacial score (nSPS) is 15.8. The third-order valence-corrected chi connectivity index (χ3v) is 3.10. The van der Waals surface area contributed by atoms with Gasteiger partial charge >= 0.3 is 0 Å². The average molecular weight is 289 g/mol. The molecule has 0 aromatic heterocycles. The number of hydrogen-bond donors (Lipinski definition) is 0.